The van der Waals surface area contributed by atoms with E-state index >= 15 is 0 Å². The number of methoxy groups -OCH3 is 1. The summed E-state index contributed by atoms with van der Waals surface area (Å²) in [5.41, 5.74) is 2.30. The zero-order valence-electron chi connectivity index (χ0n) is 18.8. The number of likely N-dealkylation sites (tertiary alicyclic amines) is 1. The van der Waals surface area contributed by atoms with E-state index in [4.69, 9.17) is 9.72 Å². The van der Waals surface area contributed by atoms with E-state index in [-0.39, 0.29) is 17.5 Å². The topological polar surface area (TPSA) is 78.5 Å². The second-order valence-electron chi connectivity index (χ2n) is 9.28. The second kappa shape index (κ2) is 9.06. The molecule has 1 atom stereocenters. The smallest absolute Gasteiger partial charge is 0.254 e. The summed E-state index contributed by atoms with van der Waals surface area (Å²) in [6.45, 7) is 2.34. The largest absolute Gasteiger partial charge is 0.497 e. The third-order valence-corrected chi connectivity index (χ3v) is 7.36. The van der Waals surface area contributed by atoms with E-state index < -0.39 is 0 Å². The first-order valence-corrected chi connectivity index (χ1v) is 11.9. The maximum absolute atomic E-state index is 13.4. The lowest BCUT2D eigenvalue weighted by atomic mass is 9.98. The molecule has 0 radical (unpaired) electrons. The Balaban J connectivity index is 1.43. The van der Waals surface area contributed by atoms with Crippen molar-refractivity contribution in [1.82, 2.24) is 19.8 Å². The number of fused-ring (bicyclic) bond motifs is 1. The maximum atomic E-state index is 13.4. The molecule has 170 valence electrons. The van der Waals surface area contributed by atoms with E-state index in [2.05, 4.69) is 9.88 Å². The Kier molecular flexibility index (Phi) is 6.00. The molecule has 0 bridgehead atoms. The SMILES string of the molecule is COc1cccc(C(=O)N2CCCCC2c2nc3c(c(=O)[nH]2)CCN(C2CCCC2)C3)c1. The molecule has 1 saturated heterocycles. The van der Waals surface area contributed by atoms with Gasteiger partial charge in [-0.2, -0.15) is 0 Å². The molecule has 1 aromatic carbocycles. The minimum absolute atomic E-state index is 0.0320. The van der Waals surface area contributed by atoms with E-state index in [1.807, 2.05) is 23.1 Å². The lowest BCUT2D eigenvalue weighted by molar-refractivity contribution is 0.0598. The number of carbonyl (C=O) groups is 1. The Labute approximate surface area is 188 Å². The van der Waals surface area contributed by atoms with Crippen molar-refractivity contribution in [3.05, 3.63) is 57.3 Å². The second-order valence-corrected chi connectivity index (χ2v) is 9.28. The summed E-state index contributed by atoms with van der Waals surface area (Å²) in [4.78, 5) is 38.7. The van der Waals surface area contributed by atoms with Crippen molar-refractivity contribution in [3.8, 4) is 5.75 Å². The van der Waals surface area contributed by atoms with Crippen molar-refractivity contribution in [2.45, 2.75) is 70.0 Å². The molecule has 1 saturated carbocycles. The number of aromatic nitrogens is 2. The highest BCUT2D eigenvalue weighted by Gasteiger charge is 2.33. The number of amides is 1. The van der Waals surface area contributed by atoms with Gasteiger partial charge in [-0.05, 0) is 56.7 Å². The number of carbonyl (C=O) groups excluding carboxylic acids is 1. The van der Waals surface area contributed by atoms with Crippen molar-refractivity contribution in [3.63, 3.8) is 0 Å². The summed E-state index contributed by atoms with van der Waals surface area (Å²) in [6, 6.07) is 7.68. The Morgan fingerprint density at radius 3 is 2.75 bits per heavy atom. The summed E-state index contributed by atoms with van der Waals surface area (Å²) in [5, 5.41) is 0. The van der Waals surface area contributed by atoms with Crippen molar-refractivity contribution in [1.29, 1.82) is 0 Å². The molecule has 0 spiro atoms. The van der Waals surface area contributed by atoms with Crippen LogP contribution in [-0.4, -0.2) is 51.9 Å². The first-order valence-electron chi connectivity index (χ1n) is 11.9. The Bertz CT molecular complexity index is 1040. The number of hydrogen-bond acceptors (Lipinski definition) is 5. The molecule has 3 heterocycles. The molecule has 2 aromatic rings. The first-order chi connectivity index (χ1) is 15.6. The molecular formula is C25H32N4O3. The molecule has 1 unspecified atom stereocenters. The van der Waals surface area contributed by atoms with Crippen molar-refractivity contribution >= 4 is 5.91 Å². The van der Waals surface area contributed by atoms with E-state index in [0.717, 1.165) is 50.0 Å². The van der Waals surface area contributed by atoms with E-state index in [1.54, 1.807) is 13.2 Å². The van der Waals surface area contributed by atoms with Crippen LogP contribution in [0.15, 0.2) is 29.1 Å². The van der Waals surface area contributed by atoms with Gasteiger partial charge in [-0.25, -0.2) is 4.98 Å². The summed E-state index contributed by atoms with van der Waals surface area (Å²) in [6.07, 6.45) is 8.62. The van der Waals surface area contributed by atoms with Crippen LogP contribution in [0, 0.1) is 0 Å². The molecule has 7 heteroatoms. The number of rotatable bonds is 4. The summed E-state index contributed by atoms with van der Waals surface area (Å²) < 4.78 is 5.30. The van der Waals surface area contributed by atoms with Gasteiger partial charge in [0.15, 0.2) is 0 Å². The molecule has 1 aromatic heterocycles. The van der Waals surface area contributed by atoms with E-state index in [1.165, 1.54) is 25.7 Å². The number of ether oxygens (including phenoxy) is 1. The van der Waals surface area contributed by atoms with Gasteiger partial charge in [0.25, 0.3) is 11.5 Å². The van der Waals surface area contributed by atoms with Gasteiger partial charge in [0.1, 0.15) is 11.6 Å². The van der Waals surface area contributed by atoms with Crippen molar-refractivity contribution < 1.29 is 9.53 Å². The molecule has 3 aliphatic rings. The predicted molar refractivity (Wildman–Crippen MR) is 122 cm³/mol. The highest BCUT2D eigenvalue weighted by Crippen LogP contribution is 2.32. The van der Waals surface area contributed by atoms with Crippen LogP contribution in [0.4, 0.5) is 0 Å². The van der Waals surface area contributed by atoms with Crippen molar-refractivity contribution in [2.75, 3.05) is 20.2 Å². The number of piperidine rings is 1. The minimum Gasteiger partial charge on any atom is -0.497 e. The van der Waals surface area contributed by atoms with Crippen LogP contribution in [0.5, 0.6) is 5.75 Å². The average molecular weight is 437 g/mol. The summed E-state index contributed by atoms with van der Waals surface area (Å²) in [5.74, 6) is 1.26. The van der Waals surface area contributed by atoms with Gasteiger partial charge in [0, 0.05) is 36.8 Å². The van der Waals surface area contributed by atoms with Gasteiger partial charge in [-0.1, -0.05) is 18.9 Å². The molecule has 2 fully saturated rings. The number of aromatic amines is 1. The van der Waals surface area contributed by atoms with Crippen LogP contribution in [0.3, 0.4) is 0 Å². The van der Waals surface area contributed by atoms with Gasteiger partial charge < -0.3 is 14.6 Å². The monoisotopic (exact) mass is 436 g/mol. The molecule has 2 aliphatic heterocycles. The number of H-pyrrole nitrogens is 1. The Morgan fingerprint density at radius 2 is 1.94 bits per heavy atom. The van der Waals surface area contributed by atoms with Gasteiger partial charge in [0.05, 0.1) is 18.8 Å². The normalized spacial score (nSPS) is 22.0. The molecule has 1 N–H and O–H groups in total. The van der Waals surface area contributed by atoms with Crippen LogP contribution in [0.2, 0.25) is 0 Å². The average Bonchev–Trinajstić information content (AvgIpc) is 3.38. The van der Waals surface area contributed by atoms with E-state index in [9.17, 15) is 9.59 Å². The Hall–Kier alpha value is -2.67. The molecule has 32 heavy (non-hydrogen) atoms. The third-order valence-electron chi connectivity index (χ3n) is 7.36. The zero-order valence-corrected chi connectivity index (χ0v) is 18.8. The standard InChI is InChI=1S/C25H32N4O3/c1-32-19-10-6-7-17(15-19)25(31)29-13-5-4-11-22(29)23-26-21-16-28(18-8-2-3-9-18)14-12-20(21)24(30)27-23/h6-7,10,15,18,22H,2-5,8-9,11-14,16H2,1H3,(H,26,27,30). The quantitative estimate of drug-likeness (QED) is 0.794. The number of nitrogens with zero attached hydrogens (tertiary/aromatic N) is 3. The maximum Gasteiger partial charge on any atom is 0.254 e. The first kappa shape index (κ1) is 21.2. The van der Waals surface area contributed by atoms with Crippen LogP contribution < -0.4 is 10.3 Å². The Morgan fingerprint density at radius 1 is 1.12 bits per heavy atom. The van der Waals surface area contributed by atoms with E-state index in [0.29, 0.717) is 29.7 Å². The van der Waals surface area contributed by atoms with Gasteiger partial charge in [0.2, 0.25) is 0 Å². The lowest BCUT2D eigenvalue weighted by Gasteiger charge is -2.36. The lowest BCUT2D eigenvalue weighted by Crippen LogP contribution is -2.43. The third kappa shape index (κ3) is 4.06. The highest BCUT2D eigenvalue weighted by molar-refractivity contribution is 5.95. The number of nitrogens with one attached hydrogen (secondary N) is 1. The highest BCUT2D eigenvalue weighted by atomic mass is 16.5. The summed E-state index contributed by atoms with van der Waals surface area (Å²) in [7, 11) is 1.60. The minimum atomic E-state index is -0.206. The molecule has 7 nitrogen and oxygen atoms in total. The van der Waals surface area contributed by atoms with Crippen LogP contribution in [0.25, 0.3) is 0 Å². The fraction of sp³-hybridized carbons (Fsp3) is 0.560. The predicted octanol–water partition coefficient (Wildman–Crippen LogP) is 3.45. The number of benzene rings is 1. The van der Waals surface area contributed by atoms with Crippen LogP contribution in [0.1, 0.15) is 78.4 Å². The van der Waals surface area contributed by atoms with Crippen LogP contribution >= 0.6 is 0 Å². The van der Waals surface area contributed by atoms with Gasteiger partial charge in [-0.15, -0.1) is 0 Å². The van der Waals surface area contributed by atoms with Crippen molar-refractivity contribution in [2.24, 2.45) is 0 Å². The molecular weight excluding hydrogens is 404 g/mol. The molecule has 1 aliphatic carbocycles. The molecule has 5 rings (SSSR count). The number of hydrogen-bond donors (Lipinski definition) is 1. The van der Waals surface area contributed by atoms with Gasteiger partial charge >= 0.3 is 0 Å². The zero-order chi connectivity index (χ0) is 22.1. The molecule has 1 amide bonds. The fourth-order valence-electron chi connectivity index (χ4n) is 5.60. The van der Waals surface area contributed by atoms with Gasteiger partial charge in [-0.3, -0.25) is 14.5 Å². The van der Waals surface area contributed by atoms with Crippen LogP contribution in [-0.2, 0) is 13.0 Å². The fourth-order valence-corrected chi connectivity index (χ4v) is 5.60. The summed E-state index contributed by atoms with van der Waals surface area (Å²) >= 11 is 0.